The van der Waals surface area contributed by atoms with Crippen LogP contribution in [-0.2, 0) is 4.79 Å². The van der Waals surface area contributed by atoms with Crippen LogP contribution in [0, 0.1) is 6.92 Å². The van der Waals surface area contributed by atoms with Crippen LogP contribution in [0.1, 0.15) is 17.2 Å². The topological polar surface area (TPSA) is 32.3 Å². The van der Waals surface area contributed by atoms with Crippen LogP contribution in [0.2, 0.25) is 0 Å². The number of hydrogen-bond acceptors (Lipinski definition) is 2. The van der Waals surface area contributed by atoms with Crippen molar-refractivity contribution >= 4 is 11.6 Å². The molecule has 1 unspecified atom stereocenters. The van der Waals surface area contributed by atoms with Gasteiger partial charge in [0.1, 0.15) is 6.04 Å². The highest BCUT2D eigenvalue weighted by atomic mass is 16.2. The van der Waals surface area contributed by atoms with Gasteiger partial charge in [0, 0.05) is 12.6 Å². The van der Waals surface area contributed by atoms with E-state index in [1.807, 2.05) is 39.2 Å². The summed E-state index contributed by atoms with van der Waals surface area (Å²) in [4.78, 5) is 13.5. The maximum absolute atomic E-state index is 11.8. The molecule has 1 aromatic rings. The lowest BCUT2D eigenvalue weighted by Crippen LogP contribution is -2.30. The van der Waals surface area contributed by atoms with Crippen molar-refractivity contribution in [2.24, 2.45) is 0 Å². The van der Waals surface area contributed by atoms with Crippen molar-refractivity contribution in [2.75, 3.05) is 19.0 Å². The molecule has 3 nitrogen and oxygen atoms in total. The Labute approximate surface area is 83.7 Å². The van der Waals surface area contributed by atoms with Crippen molar-refractivity contribution in [3.63, 3.8) is 0 Å². The van der Waals surface area contributed by atoms with Gasteiger partial charge < -0.3 is 10.2 Å². The summed E-state index contributed by atoms with van der Waals surface area (Å²) >= 11 is 0. The van der Waals surface area contributed by atoms with E-state index in [9.17, 15) is 4.79 Å². The highest BCUT2D eigenvalue weighted by molar-refractivity contribution is 6.04. The molecule has 1 N–H and O–H groups in total. The highest BCUT2D eigenvalue weighted by Crippen LogP contribution is 2.36. The van der Waals surface area contributed by atoms with E-state index < -0.39 is 0 Å². The zero-order chi connectivity index (χ0) is 10.3. The molecule has 3 heteroatoms. The molecule has 0 bridgehead atoms. The van der Waals surface area contributed by atoms with Crippen molar-refractivity contribution in [3.8, 4) is 0 Å². The summed E-state index contributed by atoms with van der Waals surface area (Å²) in [6.45, 7) is 2.03. The van der Waals surface area contributed by atoms with Gasteiger partial charge in [-0.1, -0.05) is 18.2 Å². The lowest BCUT2D eigenvalue weighted by molar-refractivity contribution is -0.119. The Bertz CT molecular complexity index is 387. The van der Waals surface area contributed by atoms with Gasteiger partial charge in [-0.25, -0.2) is 0 Å². The summed E-state index contributed by atoms with van der Waals surface area (Å²) in [6.07, 6.45) is 0. The number of para-hydroxylation sites is 1. The smallest absolute Gasteiger partial charge is 0.248 e. The summed E-state index contributed by atoms with van der Waals surface area (Å²) in [5.41, 5.74) is 3.29. The van der Waals surface area contributed by atoms with Crippen LogP contribution < -0.4 is 10.2 Å². The molecule has 1 aromatic carbocycles. The van der Waals surface area contributed by atoms with Gasteiger partial charge in [-0.15, -0.1) is 0 Å². The molecule has 1 heterocycles. The van der Waals surface area contributed by atoms with E-state index in [0.717, 1.165) is 16.8 Å². The molecule has 0 fully saturated rings. The minimum Gasteiger partial charge on any atom is -0.313 e. The SMILES string of the molecule is CNC1C(=O)N(C)c2c(C)cccc21. The standard InChI is InChI=1S/C11H14N2O/c1-7-5-4-6-8-9(12-2)11(14)13(3)10(7)8/h4-6,9,12H,1-3H3. The fraction of sp³-hybridized carbons (Fsp3) is 0.364. The van der Waals surface area contributed by atoms with Crippen molar-refractivity contribution in [2.45, 2.75) is 13.0 Å². The van der Waals surface area contributed by atoms with E-state index in [1.54, 1.807) is 4.90 Å². The van der Waals surface area contributed by atoms with Gasteiger partial charge in [0.2, 0.25) is 5.91 Å². The van der Waals surface area contributed by atoms with Crippen LogP contribution in [0.25, 0.3) is 0 Å². The molecule has 0 aromatic heterocycles. The van der Waals surface area contributed by atoms with Crippen molar-refractivity contribution < 1.29 is 4.79 Å². The average molecular weight is 190 g/mol. The molecule has 0 aliphatic carbocycles. The van der Waals surface area contributed by atoms with E-state index >= 15 is 0 Å². The number of carbonyl (C=O) groups excluding carboxylic acids is 1. The third-order valence-electron chi connectivity index (χ3n) is 2.78. The summed E-state index contributed by atoms with van der Waals surface area (Å²) in [7, 11) is 3.64. The second-order valence-corrected chi connectivity index (χ2v) is 3.63. The molecule has 0 spiro atoms. The third-order valence-corrected chi connectivity index (χ3v) is 2.78. The zero-order valence-electron chi connectivity index (χ0n) is 8.66. The number of aryl methyl sites for hydroxylation is 1. The molecule has 74 valence electrons. The van der Waals surface area contributed by atoms with Gasteiger partial charge in [0.05, 0.1) is 5.69 Å². The zero-order valence-corrected chi connectivity index (χ0v) is 8.66. The fourth-order valence-electron chi connectivity index (χ4n) is 2.09. The Morgan fingerprint density at radius 2 is 2.14 bits per heavy atom. The number of rotatable bonds is 1. The number of hydrogen-bond donors (Lipinski definition) is 1. The van der Waals surface area contributed by atoms with Gasteiger partial charge in [-0.05, 0) is 19.5 Å². The Kier molecular flexibility index (Phi) is 2.04. The minimum absolute atomic E-state index is 0.122. The Morgan fingerprint density at radius 1 is 1.43 bits per heavy atom. The summed E-state index contributed by atoms with van der Waals surface area (Å²) in [6, 6.07) is 5.85. The van der Waals surface area contributed by atoms with Crippen LogP contribution in [0.15, 0.2) is 18.2 Å². The number of amides is 1. The minimum atomic E-state index is -0.171. The van der Waals surface area contributed by atoms with Crippen LogP contribution in [-0.4, -0.2) is 20.0 Å². The monoisotopic (exact) mass is 190 g/mol. The number of likely N-dealkylation sites (N-methyl/N-ethyl adjacent to an activating group) is 2. The quantitative estimate of drug-likeness (QED) is 0.722. The maximum Gasteiger partial charge on any atom is 0.248 e. The predicted octanol–water partition coefficient (Wildman–Crippen LogP) is 1.23. The molecule has 2 rings (SSSR count). The van der Waals surface area contributed by atoms with Gasteiger partial charge in [-0.3, -0.25) is 4.79 Å². The number of benzene rings is 1. The number of nitrogens with zero attached hydrogens (tertiary/aromatic N) is 1. The van der Waals surface area contributed by atoms with E-state index in [4.69, 9.17) is 0 Å². The molecule has 0 saturated heterocycles. The van der Waals surface area contributed by atoms with Crippen LogP contribution in [0.4, 0.5) is 5.69 Å². The van der Waals surface area contributed by atoms with Crippen LogP contribution in [0.5, 0.6) is 0 Å². The number of carbonyl (C=O) groups is 1. The molecule has 1 amide bonds. The number of anilines is 1. The molecule has 1 aliphatic heterocycles. The number of nitrogens with one attached hydrogen (secondary N) is 1. The second-order valence-electron chi connectivity index (χ2n) is 3.63. The first-order valence-electron chi connectivity index (χ1n) is 4.71. The maximum atomic E-state index is 11.8. The summed E-state index contributed by atoms with van der Waals surface area (Å²) in [5, 5.41) is 3.04. The van der Waals surface area contributed by atoms with E-state index in [2.05, 4.69) is 5.32 Å². The fourth-order valence-corrected chi connectivity index (χ4v) is 2.09. The van der Waals surface area contributed by atoms with Gasteiger partial charge in [-0.2, -0.15) is 0 Å². The second kappa shape index (κ2) is 3.10. The van der Waals surface area contributed by atoms with E-state index in [0.29, 0.717) is 0 Å². The lowest BCUT2D eigenvalue weighted by atomic mass is 10.1. The summed E-state index contributed by atoms with van der Waals surface area (Å²) in [5.74, 6) is 0.122. The largest absolute Gasteiger partial charge is 0.313 e. The first-order valence-corrected chi connectivity index (χ1v) is 4.71. The van der Waals surface area contributed by atoms with Gasteiger partial charge in [0.25, 0.3) is 0 Å². The Balaban J connectivity index is 2.61. The predicted molar refractivity (Wildman–Crippen MR) is 56.4 cm³/mol. The molecule has 1 aliphatic rings. The molecule has 0 saturated carbocycles. The first-order chi connectivity index (χ1) is 6.66. The Morgan fingerprint density at radius 3 is 2.79 bits per heavy atom. The van der Waals surface area contributed by atoms with Crippen molar-refractivity contribution in [1.82, 2.24) is 5.32 Å². The molecule has 0 radical (unpaired) electrons. The molecule has 1 atom stereocenters. The van der Waals surface area contributed by atoms with Crippen LogP contribution in [0.3, 0.4) is 0 Å². The molecular formula is C11H14N2O. The molecular weight excluding hydrogens is 176 g/mol. The van der Waals surface area contributed by atoms with E-state index in [1.165, 1.54) is 0 Å². The van der Waals surface area contributed by atoms with Gasteiger partial charge in [0.15, 0.2) is 0 Å². The van der Waals surface area contributed by atoms with Gasteiger partial charge >= 0.3 is 0 Å². The average Bonchev–Trinajstić information content (AvgIpc) is 2.41. The lowest BCUT2D eigenvalue weighted by Gasteiger charge is -2.12. The van der Waals surface area contributed by atoms with Crippen LogP contribution >= 0.6 is 0 Å². The highest BCUT2D eigenvalue weighted by Gasteiger charge is 2.34. The third kappa shape index (κ3) is 1.06. The summed E-state index contributed by atoms with van der Waals surface area (Å²) < 4.78 is 0. The van der Waals surface area contributed by atoms with Crippen molar-refractivity contribution in [1.29, 1.82) is 0 Å². The Hall–Kier alpha value is -1.35. The van der Waals surface area contributed by atoms with Crippen molar-refractivity contribution in [3.05, 3.63) is 29.3 Å². The van der Waals surface area contributed by atoms with E-state index in [-0.39, 0.29) is 11.9 Å². The normalized spacial score (nSPS) is 20.1. The first kappa shape index (κ1) is 9.21. The molecule has 14 heavy (non-hydrogen) atoms. The number of fused-ring (bicyclic) bond motifs is 1.